The minimum Gasteiger partial charge on any atom is -0.344 e. The van der Waals surface area contributed by atoms with Crippen LogP contribution >= 0.6 is 0 Å². The van der Waals surface area contributed by atoms with Gasteiger partial charge in [0.25, 0.3) is 0 Å². The lowest BCUT2D eigenvalue weighted by Crippen LogP contribution is -2.50. The summed E-state index contributed by atoms with van der Waals surface area (Å²) < 4.78 is 0. The molecule has 2 atom stereocenters. The second-order valence-corrected chi connectivity index (χ2v) is 5.82. The van der Waals surface area contributed by atoms with Crippen LogP contribution in [0.4, 0.5) is 0 Å². The molecule has 120 valence electrons. The van der Waals surface area contributed by atoms with Gasteiger partial charge < -0.3 is 16.0 Å². The van der Waals surface area contributed by atoms with Gasteiger partial charge in [0.15, 0.2) is 0 Å². The van der Waals surface area contributed by atoms with Crippen LogP contribution in [0.2, 0.25) is 0 Å². The number of hydrogen-bond donors (Lipinski definition) is 2. The van der Waals surface area contributed by atoms with Gasteiger partial charge in [-0.2, -0.15) is 0 Å². The number of carbonyl (C=O) groups excluding carboxylic acids is 2. The van der Waals surface area contributed by atoms with E-state index in [1.54, 1.807) is 6.92 Å². The molecule has 5 nitrogen and oxygen atoms in total. The highest BCUT2D eigenvalue weighted by Crippen LogP contribution is 2.15. The molecule has 0 aromatic heterocycles. The average molecular weight is 303 g/mol. The van der Waals surface area contributed by atoms with Crippen molar-refractivity contribution in [3.05, 3.63) is 35.9 Å². The van der Waals surface area contributed by atoms with E-state index < -0.39 is 12.0 Å². The Bertz CT molecular complexity index is 498. The predicted octanol–water partition coefficient (Wildman–Crippen LogP) is 1.25. The molecule has 3 N–H and O–H groups in total. The number of likely N-dealkylation sites (tertiary alicyclic amines) is 1. The predicted molar refractivity (Wildman–Crippen MR) is 86.3 cm³/mol. The second kappa shape index (κ2) is 7.94. The summed E-state index contributed by atoms with van der Waals surface area (Å²) in [6.45, 7) is 3.55. The van der Waals surface area contributed by atoms with Gasteiger partial charge in [-0.3, -0.25) is 9.59 Å². The molecule has 5 heteroatoms. The summed E-state index contributed by atoms with van der Waals surface area (Å²) in [6, 6.07) is 8.92. The molecule has 0 aliphatic carbocycles. The highest BCUT2D eigenvalue weighted by atomic mass is 16.2. The van der Waals surface area contributed by atoms with Crippen molar-refractivity contribution in [2.75, 3.05) is 19.6 Å². The van der Waals surface area contributed by atoms with Gasteiger partial charge in [-0.15, -0.1) is 0 Å². The molecule has 1 fully saturated rings. The minimum absolute atomic E-state index is 0.00289. The normalized spacial score (nSPS) is 17.6. The van der Waals surface area contributed by atoms with Crippen LogP contribution in [-0.4, -0.2) is 42.4 Å². The van der Waals surface area contributed by atoms with E-state index in [0.717, 1.165) is 31.5 Å². The van der Waals surface area contributed by atoms with Gasteiger partial charge in [0, 0.05) is 19.6 Å². The third kappa shape index (κ3) is 4.07. The molecule has 1 aliphatic heterocycles. The highest BCUT2D eigenvalue weighted by Gasteiger charge is 2.26. The van der Waals surface area contributed by atoms with E-state index in [0.29, 0.717) is 0 Å². The summed E-state index contributed by atoms with van der Waals surface area (Å²) in [5, 5.41) is 2.82. The number of piperidine rings is 1. The standard InChI is InChI=1S/C17H25N3O2/c1-13(17(22)20-10-6-3-7-11-20)19-16(21)15(12-18)14-8-4-2-5-9-14/h2,4-5,8-9,13,15H,3,6-7,10-12,18H2,1H3,(H,19,21). The number of carbonyl (C=O) groups is 2. The molecule has 2 rings (SSSR count). The van der Waals surface area contributed by atoms with Gasteiger partial charge >= 0.3 is 0 Å². The van der Waals surface area contributed by atoms with Gasteiger partial charge in [-0.05, 0) is 31.7 Å². The zero-order valence-electron chi connectivity index (χ0n) is 13.1. The Kier molecular flexibility index (Phi) is 5.95. The second-order valence-electron chi connectivity index (χ2n) is 5.82. The van der Waals surface area contributed by atoms with Gasteiger partial charge in [-0.25, -0.2) is 0 Å². The third-order valence-electron chi connectivity index (χ3n) is 4.15. The molecule has 0 spiro atoms. The summed E-state index contributed by atoms with van der Waals surface area (Å²) in [5.74, 6) is -0.610. The van der Waals surface area contributed by atoms with E-state index in [2.05, 4.69) is 5.32 Å². The van der Waals surface area contributed by atoms with Crippen molar-refractivity contribution < 1.29 is 9.59 Å². The zero-order valence-corrected chi connectivity index (χ0v) is 13.1. The molecule has 22 heavy (non-hydrogen) atoms. The Morgan fingerprint density at radius 2 is 1.82 bits per heavy atom. The fourth-order valence-electron chi connectivity index (χ4n) is 2.84. The highest BCUT2D eigenvalue weighted by molar-refractivity contribution is 5.90. The van der Waals surface area contributed by atoms with Crippen LogP contribution in [0.15, 0.2) is 30.3 Å². The van der Waals surface area contributed by atoms with Crippen LogP contribution in [0, 0.1) is 0 Å². The van der Waals surface area contributed by atoms with Crippen molar-refractivity contribution in [2.45, 2.75) is 38.1 Å². The number of amides is 2. The van der Waals surface area contributed by atoms with Gasteiger partial charge in [0.05, 0.1) is 5.92 Å². The summed E-state index contributed by atoms with van der Waals surface area (Å²) in [5.41, 5.74) is 6.62. The Labute approximate surface area is 131 Å². The molecule has 0 bridgehead atoms. The van der Waals surface area contributed by atoms with Crippen molar-refractivity contribution in [1.29, 1.82) is 0 Å². The maximum Gasteiger partial charge on any atom is 0.244 e. The van der Waals surface area contributed by atoms with Gasteiger partial charge in [0.1, 0.15) is 6.04 Å². The van der Waals surface area contributed by atoms with Crippen LogP contribution in [0.5, 0.6) is 0 Å². The lowest BCUT2D eigenvalue weighted by atomic mass is 9.98. The summed E-state index contributed by atoms with van der Waals surface area (Å²) >= 11 is 0. The average Bonchev–Trinajstić information content (AvgIpc) is 2.56. The fraction of sp³-hybridized carbons (Fsp3) is 0.529. The summed E-state index contributed by atoms with van der Waals surface area (Å²) in [6.07, 6.45) is 3.26. The molecular weight excluding hydrogens is 278 g/mol. The van der Waals surface area contributed by atoms with Gasteiger partial charge in [0.2, 0.25) is 11.8 Å². The van der Waals surface area contributed by atoms with Crippen LogP contribution < -0.4 is 11.1 Å². The molecule has 1 saturated heterocycles. The maximum absolute atomic E-state index is 12.4. The Morgan fingerprint density at radius 1 is 1.18 bits per heavy atom. The molecule has 0 saturated carbocycles. The van der Waals surface area contributed by atoms with Crippen LogP contribution in [-0.2, 0) is 9.59 Å². The number of hydrogen-bond acceptors (Lipinski definition) is 3. The Morgan fingerprint density at radius 3 is 2.41 bits per heavy atom. The number of nitrogens with two attached hydrogens (primary N) is 1. The topological polar surface area (TPSA) is 75.4 Å². The monoisotopic (exact) mass is 303 g/mol. The van der Waals surface area contributed by atoms with Crippen molar-refractivity contribution >= 4 is 11.8 Å². The Balaban J connectivity index is 1.96. The largest absolute Gasteiger partial charge is 0.344 e. The molecular formula is C17H25N3O2. The molecule has 1 heterocycles. The maximum atomic E-state index is 12.4. The first kappa shape index (κ1) is 16.5. The number of nitrogens with zero attached hydrogens (tertiary/aromatic N) is 1. The van der Waals surface area contributed by atoms with Crippen LogP contribution in [0.1, 0.15) is 37.7 Å². The number of benzene rings is 1. The van der Waals surface area contributed by atoms with E-state index in [1.165, 1.54) is 6.42 Å². The molecule has 0 radical (unpaired) electrons. The van der Waals surface area contributed by atoms with Crippen molar-refractivity contribution in [2.24, 2.45) is 5.73 Å². The number of nitrogens with one attached hydrogen (secondary N) is 1. The van der Waals surface area contributed by atoms with E-state index in [1.807, 2.05) is 35.2 Å². The Hall–Kier alpha value is -1.88. The quantitative estimate of drug-likeness (QED) is 0.859. The van der Waals surface area contributed by atoms with Crippen LogP contribution in [0.25, 0.3) is 0 Å². The first-order chi connectivity index (χ1) is 10.6. The van der Waals surface area contributed by atoms with Crippen molar-refractivity contribution in [3.8, 4) is 0 Å². The summed E-state index contributed by atoms with van der Waals surface area (Å²) in [4.78, 5) is 26.6. The third-order valence-corrected chi connectivity index (χ3v) is 4.15. The van der Waals surface area contributed by atoms with Crippen molar-refractivity contribution in [3.63, 3.8) is 0 Å². The zero-order chi connectivity index (χ0) is 15.9. The molecule has 1 aromatic rings. The lowest BCUT2D eigenvalue weighted by Gasteiger charge is -2.30. The summed E-state index contributed by atoms with van der Waals surface area (Å²) in [7, 11) is 0. The van der Waals surface area contributed by atoms with E-state index >= 15 is 0 Å². The molecule has 2 unspecified atom stereocenters. The van der Waals surface area contributed by atoms with E-state index in [-0.39, 0.29) is 18.4 Å². The molecule has 1 aromatic carbocycles. The lowest BCUT2D eigenvalue weighted by molar-refractivity contribution is -0.137. The smallest absolute Gasteiger partial charge is 0.244 e. The van der Waals surface area contributed by atoms with Gasteiger partial charge in [-0.1, -0.05) is 30.3 Å². The molecule has 1 aliphatic rings. The number of rotatable bonds is 5. The first-order valence-corrected chi connectivity index (χ1v) is 7.97. The first-order valence-electron chi connectivity index (χ1n) is 7.97. The fourth-order valence-corrected chi connectivity index (χ4v) is 2.84. The van der Waals surface area contributed by atoms with E-state index in [4.69, 9.17) is 5.73 Å². The molecule has 2 amide bonds. The van der Waals surface area contributed by atoms with E-state index in [9.17, 15) is 9.59 Å². The van der Waals surface area contributed by atoms with Crippen LogP contribution in [0.3, 0.4) is 0 Å². The SMILES string of the molecule is CC(NC(=O)C(CN)c1ccccc1)C(=O)N1CCCCC1. The van der Waals surface area contributed by atoms with Crippen molar-refractivity contribution in [1.82, 2.24) is 10.2 Å². The minimum atomic E-state index is -0.511.